The molecule has 1 amide bonds. The third-order valence-electron chi connectivity index (χ3n) is 2.92. The molecule has 0 fully saturated rings. The lowest BCUT2D eigenvalue weighted by atomic mass is 10.1. The van der Waals surface area contributed by atoms with Crippen LogP contribution in [0, 0.1) is 0 Å². The molecule has 23 heavy (non-hydrogen) atoms. The molecule has 1 aromatic carbocycles. The van der Waals surface area contributed by atoms with Gasteiger partial charge in [-0.05, 0) is 38.8 Å². The van der Waals surface area contributed by atoms with Gasteiger partial charge >= 0.3 is 6.09 Å². The maximum absolute atomic E-state index is 11.3. The lowest BCUT2D eigenvalue weighted by Gasteiger charge is -2.25. The summed E-state index contributed by atoms with van der Waals surface area (Å²) in [5, 5.41) is 6.01. The zero-order chi connectivity index (χ0) is 17.3. The molecule has 0 saturated heterocycles. The van der Waals surface area contributed by atoms with Crippen LogP contribution in [0.1, 0.15) is 38.8 Å². The zero-order valence-corrected chi connectivity index (χ0v) is 14.5. The average Bonchev–Trinajstić information content (AvgIpc) is 2.48. The summed E-state index contributed by atoms with van der Waals surface area (Å²) < 4.78 is 10.7. The van der Waals surface area contributed by atoms with Crippen LogP contribution in [0.5, 0.6) is 0 Å². The normalized spacial score (nSPS) is 12.5. The minimum Gasteiger partial charge on any atom is -0.445 e. The number of nitrogens with one attached hydrogen (secondary N) is 2. The van der Waals surface area contributed by atoms with Crippen LogP contribution >= 0.6 is 0 Å². The van der Waals surface area contributed by atoms with E-state index in [0.29, 0.717) is 6.54 Å². The Morgan fingerprint density at radius 3 is 2.30 bits per heavy atom. The maximum atomic E-state index is 11.3. The van der Waals surface area contributed by atoms with Crippen LogP contribution in [0.15, 0.2) is 36.9 Å². The molecule has 0 radical (unpaired) electrons. The summed E-state index contributed by atoms with van der Waals surface area (Å²) in [6, 6.07) is 8.03. The van der Waals surface area contributed by atoms with E-state index in [1.54, 1.807) is 0 Å². The Balaban J connectivity index is 2.35. The molecule has 0 heterocycles. The topological polar surface area (TPSA) is 59.6 Å². The van der Waals surface area contributed by atoms with E-state index >= 15 is 0 Å². The van der Waals surface area contributed by atoms with Gasteiger partial charge in [0.1, 0.15) is 12.8 Å². The summed E-state index contributed by atoms with van der Waals surface area (Å²) in [6.45, 7) is 13.0. The van der Waals surface area contributed by atoms with Gasteiger partial charge in [0.15, 0.2) is 0 Å². The molecular weight excluding hydrogens is 292 g/mol. The van der Waals surface area contributed by atoms with Gasteiger partial charge in [0.25, 0.3) is 0 Å². The molecule has 1 unspecified atom stereocenters. The molecule has 128 valence electrons. The van der Waals surface area contributed by atoms with Crippen LogP contribution in [-0.4, -0.2) is 24.5 Å². The van der Waals surface area contributed by atoms with Crippen LogP contribution in [0.2, 0.25) is 0 Å². The van der Waals surface area contributed by atoms with Gasteiger partial charge in [-0.1, -0.05) is 36.9 Å². The fourth-order valence-corrected chi connectivity index (χ4v) is 1.97. The van der Waals surface area contributed by atoms with Crippen molar-refractivity contribution in [3.05, 3.63) is 48.0 Å². The first-order chi connectivity index (χ1) is 10.8. The lowest BCUT2D eigenvalue weighted by Crippen LogP contribution is -2.35. The van der Waals surface area contributed by atoms with Gasteiger partial charge in [0, 0.05) is 13.1 Å². The highest BCUT2D eigenvalue weighted by Gasteiger charge is 2.14. The van der Waals surface area contributed by atoms with Crippen molar-refractivity contribution in [2.45, 2.75) is 52.6 Å². The highest BCUT2D eigenvalue weighted by Crippen LogP contribution is 2.10. The Labute approximate surface area is 139 Å². The van der Waals surface area contributed by atoms with Gasteiger partial charge in [-0.3, -0.25) is 5.32 Å². The predicted octanol–water partition coefficient (Wildman–Crippen LogP) is 3.35. The standard InChI is InChI=1S/C18H28N2O3/c1-6-11-22-17(21)20-13-16-9-7-15(8-10-16)12-19-14(2)23-18(3,4)5/h6-10,14,19H,1,11-13H2,2-5H3,(H,20,21). The first-order valence-corrected chi connectivity index (χ1v) is 7.80. The minimum absolute atomic E-state index is 0.0176. The summed E-state index contributed by atoms with van der Waals surface area (Å²) in [5.41, 5.74) is 2.01. The predicted molar refractivity (Wildman–Crippen MR) is 92.0 cm³/mol. The molecular formula is C18H28N2O3. The van der Waals surface area contributed by atoms with E-state index in [9.17, 15) is 4.79 Å². The van der Waals surface area contributed by atoms with Crippen LogP contribution in [0.25, 0.3) is 0 Å². The highest BCUT2D eigenvalue weighted by atomic mass is 16.5. The number of carbonyl (C=O) groups is 1. The van der Waals surface area contributed by atoms with Crippen LogP contribution < -0.4 is 10.6 Å². The van der Waals surface area contributed by atoms with Crippen molar-refractivity contribution in [1.29, 1.82) is 0 Å². The fourth-order valence-electron chi connectivity index (χ4n) is 1.97. The van der Waals surface area contributed by atoms with Gasteiger partial charge in [0.2, 0.25) is 0 Å². The molecule has 0 bridgehead atoms. The van der Waals surface area contributed by atoms with E-state index in [0.717, 1.165) is 17.7 Å². The molecule has 0 spiro atoms. The van der Waals surface area contributed by atoms with E-state index in [4.69, 9.17) is 9.47 Å². The van der Waals surface area contributed by atoms with E-state index < -0.39 is 6.09 Å². The molecule has 0 aliphatic carbocycles. The van der Waals surface area contributed by atoms with Crippen LogP contribution in [0.4, 0.5) is 4.79 Å². The Hall–Kier alpha value is -1.85. The van der Waals surface area contributed by atoms with Crippen LogP contribution in [-0.2, 0) is 22.6 Å². The molecule has 5 heteroatoms. The Morgan fingerprint density at radius 2 is 1.78 bits per heavy atom. The first-order valence-electron chi connectivity index (χ1n) is 7.80. The number of benzene rings is 1. The molecule has 1 atom stereocenters. The number of carbonyl (C=O) groups excluding carboxylic acids is 1. The van der Waals surface area contributed by atoms with Crippen molar-refractivity contribution in [3.63, 3.8) is 0 Å². The van der Waals surface area contributed by atoms with Crippen molar-refractivity contribution in [2.75, 3.05) is 6.61 Å². The van der Waals surface area contributed by atoms with Gasteiger partial charge in [-0.25, -0.2) is 4.79 Å². The van der Waals surface area contributed by atoms with E-state index in [1.807, 2.05) is 52.0 Å². The molecule has 2 N–H and O–H groups in total. The van der Waals surface area contributed by atoms with Crippen molar-refractivity contribution >= 4 is 6.09 Å². The van der Waals surface area contributed by atoms with Gasteiger partial charge < -0.3 is 14.8 Å². The third kappa shape index (κ3) is 9.01. The van der Waals surface area contributed by atoms with E-state index in [1.165, 1.54) is 6.08 Å². The SMILES string of the molecule is C=CCOC(=O)NCc1ccc(CNC(C)OC(C)(C)C)cc1. The van der Waals surface area contributed by atoms with Gasteiger partial charge in [-0.15, -0.1) is 0 Å². The smallest absolute Gasteiger partial charge is 0.407 e. The molecule has 1 rings (SSSR count). The molecule has 0 aliphatic rings. The second-order valence-electron chi connectivity index (χ2n) is 6.31. The van der Waals surface area contributed by atoms with Crippen LogP contribution in [0.3, 0.4) is 0 Å². The Bertz CT molecular complexity index is 492. The van der Waals surface area contributed by atoms with Crippen molar-refractivity contribution < 1.29 is 14.3 Å². The van der Waals surface area contributed by atoms with Gasteiger partial charge in [-0.2, -0.15) is 0 Å². The molecule has 5 nitrogen and oxygen atoms in total. The summed E-state index contributed by atoms with van der Waals surface area (Å²) in [5.74, 6) is 0. The number of hydrogen-bond donors (Lipinski definition) is 2. The summed E-state index contributed by atoms with van der Waals surface area (Å²) >= 11 is 0. The lowest BCUT2D eigenvalue weighted by molar-refractivity contribution is -0.0663. The van der Waals surface area contributed by atoms with Crippen molar-refractivity contribution in [1.82, 2.24) is 10.6 Å². The second kappa shape index (κ2) is 9.33. The average molecular weight is 320 g/mol. The summed E-state index contributed by atoms with van der Waals surface area (Å²) in [7, 11) is 0. The number of rotatable bonds is 8. The Morgan fingerprint density at radius 1 is 1.22 bits per heavy atom. The Kier molecular flexibility index (Phi) is 7.78. The van der Waals surface area contributed by atoms with E-state index in [2.05, 4.69) is 17.2 Å². The molecule has 0 aromatic heterocycles. The summed E-state index contributed by atoms with van der Waals surface area (Å²) in [4.78, 5) is 11.3. The first kappa shape index (κ1) is 19.2. The summed E-state index contributed by atoms with van der Waals surface area (Å²) in [6.07, 6.45) is 1.07. The van der Waals surface area contributed by atoms with Gasteiger partial charge in [0.05, 0.1) is 5.60 Å². The quantitative estimate of drug-likeness (QED) is 0.570. The van der Waals surface area contributed by atoms with Crippen molar-refractivity contribution in [2.24, 2.45) is 0 Å². The number of alkyl carbamates (subject to hydrolysis) is 1. The van der Waals surface area contributed by atoms with Crippen molar-refractivity contribution in [3.8, 4) is 0 Å². The zero-order valence-electron chi connectivity index (χ0n) is 14.5. The molecule has 0 aliphatic heterocycles. The molecule has 0 saturated carbocycles. The third-order valence-corrected chi connectivity index (χ3v) is 2.92. The molecule has 1 aromatic rings. The monoisotopic (exact) mass is 320 g/mol. The number of ether oxygens (including phenoxy) is 2. The minimum atomic E-state index is -0.441. The highest BCUT2D eigenvalue weighted by molar-refractivity contribution is 5.67. The van der Waals surface area contributed by atoms with E-state index in [-0.39, 0.29) is 18.4 Å². The second-order valence-corrected chi connectivity index (χ2v) is 6.31. The largest absolute Gasteiger partial charge is 0.445 e. The maximum Gasteiger partial charge on any atom is 0.407 e. The number of hydrogen-bond acceptors (Lipinski definition) is 4. The fraction of sp³-hybridized carbons (Fsp3) is 0.500. The number of amides is 1.